The number of rotatable bonds is 5. The average Bonchev–Trinajstić information content (AvgIpc) is 2.12. The molecule has 5 heteroatoms. The van der Waals surface area contributed by atoms with Crippen molar-refractivity contribution in [1.82, 2.24) is 0 Å². The van der Waals surface area contributed by atoms with E-state index in [9.17, 15) is 4.79 Å². The molecule has 0 aliphatic carbocycles. The fourth-order valence-electron chi connectivity index (χ4n) is 1.13. The van der Waals surface area contributed by atoms with Gasteiger partial charge in [-0.1, -0.05) is 20.8 Å². The van der Waals surface area contributed by atoms with Crippen molar-refractivity contribution in [3.05, 3.63) is 0 Å². The van der Waals surface area contributed by atoms with E-state index < -0.39 is 26.3 Å². The highest BCUT2D eigenvalue weighted by molar-refractivity contribution is 6.74. The average molecular weight is 257 g/mol. The number of carboxylic acid groups (broad SMARTS) is 1. The third kappa shape index (κ3) is 4.88. The van der Waals surface area contributed by atoms with Crippen LogP contribution >= 0.6 is 0 Å². The Morgan fingerprint density at radius 2 is 1.94 bits per heavy atom. The van der Waals surface area contributed by atoms with Gasteiger partial charge in [-0.25, -0.2) is 0 Å². The van der Waals surface area contributed by atoms with E-state index in [-0.39, 0.29) is 11.5 Å². The molecular formula is C12H23NO3Si. The maximum absolute atomic E-state index is 10.8. The molecule has 0 aliphatic rings. The fraction of sp³-hybridized carbons (Fsp3) is 0.833. The van der Waals surface area contributed by atoms with Crippen LogP contribution in [0.5, 0.6) is 0 Å². The predicted molar refractivity (Wildman–Crippen MR) is 69.1 cm³/mol. The van der Waals surface area contributed by atoms with Crippen molar-refractivity contribution in [2.75, 3.05) is 0 Å². The molecule has 98 valence electrons. The minimum atomic E-state index is -2.03. The summed E-state index contributed by atoms with van der Waals surface area (Å²) < 4.78 is 6.00. The molecular weight excluding hydrogens is 234 g/mol. The Hall–Kier alpha value is -0.863. The molecule has 2 unspecified atom stereocenters. The van der Waals surface area contributed by atoms with Crippen LogP contribution in [0.3, 0.4) is 0 Å². The van der Waals surface area contributed by atoms with Gasteiger partial charge >= 0.3 is 5.97 Å². The number of nitrogens with zero attached hydrogens (tertiary/aromatic N) is 1. The second-order valence-electron chi connectivity index (χ2n) is 5.93. The Bertz CT molecular complexity index is 315. The lowest BCUT2D eigenvalue weighted by Crippen LogP contribution is -2.45. The summed E-state index contributed by atoms with van der Waals surface area (Å²) in [5, 5.41) is 17.8. The van der Waals surface area contributed by atoms with Crippen LogP contribution in [-0.2, 0) is 9.22 Å². The van der Waals surface area contributed by atoms with E-state index in [1.165, 1.54) is 0 Å². The molecule has 0 aliphatic heterocycles. The van der Waals surface area contributed by atoms with Crippen molar-refractivity contribution < 1.29 is 14.3 Å². The van der Waals surface area contributed by atoms with E-state index >= 15 is 0 Å². The van der Waals surface area contributed by atoms with Crippen molar-refractivity contribution in [2.24, 2.45) is 5.92 Å². The standard InChI is InChI=1S/C12H23NO3Si/c1-9(8-13)10(7-11(14)15)16-17(5,6)12(2,3)4/h9-10H,7H2,1-6H3,(H,14,15). The molecule has 0 bridgehead atoms. The molecule has 0 saturated carbocycles. The Morgan fingerprint density at radius 3 is 2.24 bits per heavy atom. The zero-order valence-corrected chi connectivity index (χ0v) is 12.6. The summed E-state index contributed by atoms with van der Waals surface area (Å²) in [6.45, 7) is 12.1. The monoisotopic (exact) mass is 257 g/mol. The first-order valence-corrected chi connectivity index (χ1v) is 8.71. The first-order valence-electron chi connectivity index (χ1n) is 5.80. The molecule has 0 fully saturated rings. The van der Waals surface area contributed by atoms with E-state index in [2.05, 4.69) is 39.9 Å². The number of carboxylic acids is 1. The molecule has 2 atom stereocenters. The smallest absolute Gasteiger partial charge is 0.305 e. The summed E-state index contributed by atoms with van der Waals surface area (Å²) >= 11 is 0. The lowest BCUT2D eigenvalue weighted by Gasteiger charge is -2.39. The molecule has 4 nitrogen and oxygen atoms in total. The van der Waals surface area contributed by atoms with Gasteiger partial charge in [0.15, 0.2) is 8.32 Å². The van der Waals surface area contributed by atoms with Crippen molar-refractivity contribution in [3.63, 3.8) is 0 Å². The van der Waals surface area contributed by atoms with Gasteiger partial charge in [0.1, 0.15) is 0 Å². The third-order valence-corrected chi connectivity index (χ3v) is 7.89. The molecule has 0 aromatic rings. The van der Waals surface area contributed by atoms with Gasteiger partial charge in [-0.05, 0) is 25.1 Å². The highest BCUT2D eigenvalue weighted by Crippen LogP contribution is 2.38. The maximum atomic E-state index is 10.8. The Kier molecular flexibility index (Phi) is 5.36. The van der Waals surface area contributed by atoms with Gasteiger partial charge in [-0.15, -0.1) is 0 Å². The number of hydrogen-bond acceptors (Lipinski definition) is 3. The lowest BCUT2D eigenvalue weighted by molar-refractivity contribution is -0.139. The van der Waals surface area contributed by atoms with Crippen LogP contribution in [0.15, 0.2) is 0 Å². The summed E-state index contributed by atoms with van der Waals surface area (Å²) in [7, 11) is -2.03. The van der Waals surface area contributed by atoms with Gasteiger partial charge in [-0.3, -0.25) is 4.79 Å². The number of hydrogen-bond donors (Lipinski definition) is 1. The topological polar surface area (TPSA) is 70.3 Å². The summed E-state index contributed by atoms with van der Waals surface area (Å²) in [5.41, 5.74) is 0. The van der Waals surface area contributed by atoms with Crippen LogP contribution in [0.2, 0.25) is 18.1 Å². The van der Waals surface area contributed by atoms with Crippen LogP contribution in [-0.4, -0.2) is 25.5 Å². The molecule has 0 radical (unpaired) electrons. The fourth-order valence-corrected chi connectivity index (χ4v) is 2.53. The quantitative estimate of drug-likeness (QED) is 0.769. The van der Waals surface area contributed by atoms with Gasteiger partial charge < -0.3 is 9.53 Å². The molecule has 0 saturated heterocycles. The van der Waals surface area contributed by atoms with E-state index in [0.717, 1.165) is 0 Å². The maximum Gasteiger partial charge on any atom is 0.305 e. The van der Waals surface area contributed by atoms with Gasteiger partial charge in [0, 0.05) is 0 Å². The second-order valence-corrected chi connectivity index (χ2v) is 10.7. The van der Waals surface area contributed by atoms with Crippen LogP contribution < -0.4 is 0 Å². The Morgan fingerprint density at radius 1 is 1.47 bits per heavy atom. The molecule has 1 N–H and O–H groups in total. The number of carbonyl (C=O) groups is 1. The summed E-state index contributed by atoms with van der Waals surface area (Å²) in [6, 6.07) is 2.08. The molecule has 17 heavy (non-hydrogen) atoms. The van der Waals surface area contributed by atoms with Gasteiger partial charge in [0.05, 0.1) is 24.5 Å². The first-order chi connectivity index (χ1) is 7.51. The summed E-state index contributed by atoms with van der Waals surface area (Å²) in [4.78, 5) is 10.8. The molecule has 0 amide bonds. The van der Waals surface area contributed by atoms with Crippen molar-refractivity contribution in [1.29, 1.82) is 5.26 Å². The largest absolute Gasteiger partial charge is 0.481 e. The first kappa shape index (κ1) is 16.1. The molecule has 0 spiro atoms. The predicted octanol–water partition coefficient (Wildman–Crippen LogP) is 3.01. The normalized spacial score (nSPS) is 16.1. The lowest BCUT2D eigenvalue weighted by atomic mass is 10.0. The Labute approximate surface area is 105 Å². The van der Waals surface area contributed by atoms with E-state index in [1.807, 2.05) is 0 Å². The Balaban J connectivity index is 4.88. The van der Waals surface area contributed by atoms with Gasteiger partial charge in [0.2, 0.25) is 0 Å². The number of nitriles is 1. The molecule has 0 heterocycles. The summed E-state index contributed by atoms with van der Waals surface area (Å²) in [5.74, 6) is -1.32. The van der Waals surface area contributed by atoms with E-state index in [4.69, 9.17) is 14.8 Å². The minimum Gasteiger partial charge on any atom is -0.481 e. The SMILES string of the molecule is CC(C#N)C(CC(=O)O)O[Si](C)(C)C(C)(C)C. The second kappa shape index (κ2) is 5.65. The third-order valence-electron chi connectivity index (χ3n) is 3.39. The zero-order chi connectivity index (χ0) is 13.9. The minimum absolute atomic E-state index is 0.0128. The summed E-state index contributed by atoms with van der Waals surface area (Å²) in [6.07, 6.45) is -0.625. The zero-order valence-electron chi connectivity index (χ0n) is 11.6. The van der Waals surface area contributed by atoms with Gasteiger partial charge in [-0.2, -0.15) is 5.26 Å². The van der Waals surface area contributed by atoms with Crippen molar-refractivity contribution in [2.45, 2.75) is 58.4 Å². The van der Waals surface area contributed by atoms with Crippen molar-refractivity contribution >= 4 is 14.3 Å². The van der Waals surface area contributed by atoms with Crippen LogP contribution in [0, 0.1) is 17.2 Å². The highest BCUT2D eigenvalue weighted by atomic mass is 28.4. The van der Waals surface area contributed by atoms with Crippen LogP contribution in [0.1, 0.15) is 34.1 Å². The number of aliphatic carboxylic acids is 1. The van der Waals surface area contributed by atoms with Crippen molar-refractivity contribution in [3.8, 4) is 6.07 Å². The molecule has 0 aromatic heterocycles. The van der Waals surface area contributed by atoms with Gasteiger partial charge in [0.25, 0.3) is 0 Å². The van der Waals surface area contributed by atoms with E-state index in [1.54, 1.807) is 6.92 Å². The van der Waals surface area contributed by atoms with E-state index in [0.29, 0.717) is 0 Å². The molecule has 0 rings (SSSR count). The van der Waals surface area contributed by atoms with Crippen LogP contribution in [0.4, 0.5) is 0 Å². The highest BCUT2D eigenvalue weighted by Gasteiger charge is 2.40. The molecule has 0 aromatic carbocycles. The van der Waals surface area contributed by atoms with Crippen LogP contribution in [0.25, 0.3) is 0 Å².